The van der Waals surface area contributed by atoms with Crippen LogP contribution >= 0.6 is 35.3 Å². The van der Waals surface area contributed by atoms with Crippen LogP contribution in [0.3, 0.4) is 0 Å². The number of halogens is 2. The number of rotatable bonds is 2. The normalized spacial score (nSPS) is 22.1. The molecule has 1 fully saturated rings. The van der Waals surface area contributed by atoms with Gasteiger partial charge in [0.1, 0.15) is 4.21 Å². The van der Waals surface area contributed by atoms with Crippen molar-refractivity contribution in [3.63, 3.8) is 0 Å². The summed E-state index contributed by atoms with van der Waals surface area (Å²) in [5.74, 6) is 0. The van der Waals surface area contributed by atoms with E-state index in [0.29, 0.717) is 28.2 Å². The van der Waals surface area contributed by atoms with Gasteiger partial charge in [-0.25, -0.2) is 8.42 Å². The summed E-state index contributed by atoms with van der Waals surface area (Å²) >= 11 is 6.86. The first-order chi connectivity index (χ1) is 7.50. The molecule has 2 heterocycles. The molecule has 0 aliphatic carbocycles. The molecule has 17 heavy (non-hydrogen) atoms. The fourth-order valence-electron chi connectivity index (χ4n) is 1.68. The van der Waals surface area contributed by atoms with Crippen molar-refractivity contribution in [1.82, 2.24) is 9.62 Å². The smallest absolute Gasteiger partial charge is 0.252 e. The van der Waals surface area contributed by atoms with Crippen molar-refractivity contribution >= 4 is 45.4 Å². The summed E-state index contributed by atoms with van der Waals surface area (Å²) in [6.45, 7) is 3.70. The molecule has 0 aromatic carbocycles. The molecule has 0 unspecified atom stereocenters. The summed E-state index contributed by atoms with van der Waals surface area (Å²) in [7, 11) is -3.35. The highest BCUT2D eigenvalue weighted by Gasteiger charge is 2.29. The zero-order valence-corrected chi connectivity index (χ0v) is 12.4. The van der Waals surface area contributed by atoms with Gasteiger partial charge in [0.25, 0.3) is 10.0 Å². The van der Waals surface area contributed by atoms with E-state index in [9.17, 15) is 8.42 Å². The average Bonchev–Trinajstić information content (AvgIpc) is 2.65. The highest BCUT2D eigenvalue weighted by atomic mass is 35.5. The lowest BCUT2D eigenvalue weighted by Gasteiger charge is -2.30. The fraction of sp³-hybridized carbons (Fsp3) is 0.556. The van der Waals surface area contributed by atoms with Gasteiger partial charge in [0.15, 0.2) is 0 Å². The van der Waals surface area contributed by atoms with Crippen LogP contribution in [0.2, 0.25) is 4.34 Å². The van der Waals surface area contributed by atoms with Gasteiger partial charge in [0, 0.05) is 25.7 Å². The molecule has 0 spiro atoms. The largest absolute Gasteiger partial charge is 0.312 e. The van der Waals surface area contributed by atoms with Gasteiger partial charge in [-0.15, -0.1) is 23.7 Å². The van der Waals surface area contributed by atoms with Crippen molar-refractivity contribution in [3.8, 4) is 0 Å². The average molecular weight is 317 g/mol. The molecule has 0 radical (unpaired) electrons. The predicted molar refractivity (Wildman–Crippen MR) is 72.8 cm³/mol. The van der Waals surface area contributed by atoms with E-state index in [1.54, 1.807) is 12.1 Å². The lowest BCUT2D eigenvalue weighted by atomic mass is 10.3. The molecule has 8 heteroatoms. The van der Waals surface area contributed by atoms with Gasteiger partial charge in [-0.2, -0.15) is 4.31 Å². The number of piperazine rings is 1. The van der Waals surface area contributed by atoms with E-state index in [1.807, 2.05) is 6.92 Å². The number of nitrogens with one attached hydrogen (secondary N) is 1. The molecule has 0 saturated carbocycles. The van der Waals surface area contributed by atoms with Crippen LogP contribution in [0.5, 0.6) is 0 Å². The Bertz CT molecular complexity index is 475. The lowest BCUT2D eigenvalue weighted by molar-refractivity contribution is 0.311. The predicted octanol–water partition coefficient (Wildman–Crippen LogP) is 1.81. The number of thiophene rings is 1. The molecular formula is C9H14Cl2N2O2S2. The summed E-state index contributed by atoms with van der Waals surface area (Å²) in [6.07, 6.45) is 0. The quantitative estimate of drug-likeness (QED) is 0.905. The Morgan fingerprint density at radius 1 is 1.53 bits per heavy atom. The van der Waals surface area contributed by atoms with Crippen molar-refractivity contribution in [2.45, 2.75) is 17.2 Å². The standard InChI is InChI=1S/C9H13ClN2O2S2.ClH/c1-7-6-12(5-4-11-7)16(13,14)9-3-2-8(10)15-9;/h2-3,7,11H,4-6H2,1H3;1H/t7-;/m1./s1. The van der Waals surface area contributed by atoms with Crippen LogP contribution in [0.15, 0.2) is 16.3 Å². The van der Waals surface area contributed by atoms with E-state index in [1.165, 1.54) is 4.31 Å². The minimum atomic E-state index is -3.35. The van der Waals surface area contributed by atoms with E-state index >= 15 is 0 Å². The van der Waals surface area contributed by atoms with E-state index in [4.69, 9.17) is 11.6 Å². The molecule has 4 nitrogen and oxygen atoms in total. The van der Waals surface area contributed by atoms with Crippen LogP contribution in [-0.4, -0.2) is 38.4 Å². The maximum Gasteiger partial charge on any atom is 0.252 e. The van der Waals surface area contributed by atoms with E-state index in [0.717, 1.165) is 11.3 Å². The zero-order chi connectivity index (χ0) is 11.8. The molecule has 98 valence electrons. The van der Waals surface area contributed by atoms with Crippen molar-refractivity contribution < 1.29 is 8.42 Å². The zero-order valence-electron chi connectivity index (χ0n) is 9.22. The molecule has 1 aromatic heterocycles. The maximum absolute atomic E-state index is 12.2. The molecular weight excluding hydrogens is 303 g/mol. The van der Waals surface area contributed by atoms with Gasteiger partial charge >= 0.3 is 0 Å². The first kappa shape index (κ1) is 15.2. The van der Waals surface area contributed by atoms with Crippen LogP contribution in [0, 0.1) is 0 Å². The van der Waals surface area contributed by atoms with E-state index < -0.39 is 10.0 Å². The molecule has 0 bridgehead atoms. The summed E-state index contributed by atoms with van der Waals surface area (Å²) in [6, 6.07) is 3.37. The number of hydrogen-bond acceptors (Lipinski definition) is 4. The molecule has 2 rings (SSSR count). The van der Waals surface area contributed by atoms with Crippen LogP contribution in [-0.2, 0) is 10.0 Å². The Morgan fingerprint density at radius 2 is 2.24 bits per heavy atom. The highest BCUT2D eigenvalue weighted by molar-refractivity contribution is 7.91. The summed E-state index contributed by atoms with van der Waals surface area (Å²) in [4.78, 5) is 0. The first-order valence-electron chi connectivity index (χ1n) is 4.99. The summed E-state index contributed by atoms with van der Waals surface area (Å²) in [5.41, 5.74) is 0. The molecule has 1 N–H and O–H groups in total. The van der Waals surface area contributed by atoms with Gasteiger partial charge in [-0.1, -0.05) is 11.6 Å². The number of nitrogens with zero attached hydrogens (tertiary/aromatic N) is 1. The monoisotopic (exact) mass is 316 g/mol. The molecule has 1 aromatic rings. The second kappa shape index (κ2) is 5.86. The second-order valence-corrected chi connectivity index (χ2v) is 7.66. The first-order valence-corrected chi connectivity index (χ1v) is 7.62. The van der Waals surface area contributed by atoms with Gasteiger partial charge in [0.05, 0.1) is 4.34 Å². The molecule has 0 amide bonds. The topological polar surface area (TPSA) is 49.4 Å². The molecule has 1 aliphatic heterocycles. The van der Waals surface area contributed by atoms with Crippen molar-refractivity contribution in [1.29, 1.82) is 0 Å². The van der Waals surface area contributed by atoms with Crippen LogP contribution < -0.4 is 5.32 Å². The van der Waals surface area contributed by atoms with Crippen LogP contribution in [0.25, 0.3) is 0 Å². The Morgan fingerprint density at radius 3 is 2.76 bits per heavy atom. The SMILES string of the molecule is C[C@@H]1CN(S(=O)(=O)c2ccc(Cl)s2)CCN1.Cl. The van der Waals surface area contributed by atoms with E-state index in [-0.39, 0.29) is 18.4 Å². The van der Waals surface area contributed by atoms with Crippen LogP contribution in [0.1, 0.15) is 6.92 Å². The number of hydrogen-bond donors (Lipinski definition) is 1. The number of sulfonamides is 1. The third-order valence-corrected chi connectivity index (χ3v) is 6.04. The fourth-order valence-corrected chi connectivity index (χ4v) is 4.85. The van der Waals surface area contributed by atoms with Crippen molar-refractivity contribution in [2.75, 3.05) is 19.6 Å². The highest BCUT2D eigenvalue weighted by Crippen LogP contribution is 2.28. The Balaban J connectivity index is 0.00000144. The Hall–Kier alpha value is 0.150. The van der Waals surface area contributed by atoms with E-state index in [2.05, 4.69) is 5.32 Å². The molecule has 1 saturated heterocycles. The minimum Gasteiger partial charge on any atom is -0.312 e. The van der Waals surface area contributed by atoms with Gasteiger partial charge < -0.3 is 5.32 Å². The van der Waals surface area contributed by atoms with Gasteiger partial charge in [0.2, 0.25) is 0 Å². The molecule has 1 atom stereocenters. The van der Waals surface area contributed by atoms with Gasteiger partial charge in [-0.3, -0.25) is 0 Å². The maximum atomic E-state index is 12.2. The van der Waals surface area contributed by atoms with Crippen LogP contribution in [0.4, 0.5) is 0 Å². The summed E-state index contributed by atoms with van der Waals surface area (Å²) in [5, 5.41) is 3.21. The minimum absolute atomic E-state index is 0. The van der Waals surface area contributed by atoms with Gasteiger partial charge in [-0.05, 0) is 19.1 Å². The third-order valence-electron chi connectivity index (χ3n) is 2.47. The van der Waals surface area contributed by atoms with Crippen molar-refractivity contribution in [2.24, 2.45) is 0 Å². The Labute approximate surface area is 116 Å². The summed E-state index contributed by atoms with van der Waals surface area (Å²) < 4.78 is 26.7. The molecule has 1 aliphatic rings. The lowest BCUT2D eigenvalue weighted by Crippen LogP contribution is -2.51. The Kier molecular flexibility index (Phi) is 5.24. The van der Waals surface area contributed by atoms with Crippen molar-refractivity contribution in [3.05, 3.63) is 16.5 Å². The second-order valence-electron chi connectivity index (χ2n) is 3.78. The third kappa shape index (κ3) is 3.33.